The van der Waals surface area contributed by atoms with Crippen LogP contribution < -0.4 is 5.32 Å². The lowest BCUT2D eigenvalue weighted by Gasteiger charge is -2.07. The molecule has 1 fully saturated rings. The lowest BCUT2D eigenvalue weighted by molar-refractivity contribution is 0.476. The third-order valence-corrected chi connectivity index (χ3v) is 2.74. The second-order valence-electron chi connectivity index (χ2n) is 3.96. The predicted molar refractivity (Wildman–Crippen MR) is 62.9 cm³/mol. The molecule has 1 aromatic carbocycles. The fourth-order valence-corrected chi connectivity index (χ4v) is 1.79. The highest BCUT2D eigenvalue weighted by atomic mass is 35.5. The molecule has 0 unspecified atom stereocenters. The summed E-state index contributed by atoms with van der Waals surface area (Å²) in [7, 11) is 0. The van der Waals surface area contributed by atoms with Crippen molar-refractivity contribution in [1.82, 2.24) is 9.97 Å². The summed E-state index contributed by atoms with van der Waals surface area (Å²) in [6.45, 7) is 0. The summed E-state index contributed by atoms with van der Waals surface area (Å²) >= 11 is 5.84. The van der Waals surface area contributed by atoms with E-state index in [-0.39, 0.29) is 11.0 Å². The maximum absolute atomic E-state index is 9.46. The Morgan fingerprint density at radius 1 is 1.31 bits per heavy atom. The molecule has 0 aliphatic heterocycles. The Balaban J connectivity index is 2.18. The molecule has 16 heavy (non-hydrogen) atoms. The molecule has 2 N–H and O–H groups in total. The molecule has 1 aromatic heterocycles. The lowest BCUT2D eigenvalue weighted by Crippen LogP contribution is -2.04. The van der Waals surface area contributed by atoms with Gasteiger partial charge in [-0.1, -0.05) is 0 Å². The van der Waals surface area contributed by atoms with Crippen LogP contribution in [0, 0.1) is 0 Å². The van der Waals surface area contributed by atoms with Crippen LogP contribution in [0.3, 0.4) is 0 Å². The maximum Gasteiger partial charge on any atom is 0.224 e. The molecule has 0 amide bonds. The van der Waals surface area contributed by atoms with Crippen LogP contribution in [0.5, 0.6) is 5.75 Å². The van der Waals surface area contributed by atoms with E-state index >= 15 is 0 Å². The number of nitrogens with zero attached hydrogens (tertiary/aromatic N) is 2. The van der Waals surface area contributed by atoms with Crippen molar-refractivity contribution >= 4 is 28.3 Å². The number of phenols is 1. The van der Waals surface area contributed by atoms with Crippen molar-refractivity contribution in [2.45, 2.75) is 18.9 Å². The molecule has 1 aliphatic carbocycles. The number of aromatic hydroxyl groups is 1. The monoisotopic (exact) mass is 235 g/mol. The fourth-order valence-electron chi connectivity index (χ4n) is 1.62. The summed E-state index contributed by atoms with van der Waals surface area (Å²) < 4.78 is 0. The molecule has 0 bridgehead atoms. The van der Waals surface area contributed by atoms with Gasteiger partial charge in [0, 0.05) is 11.4 Å². The van der Waals surface area contributed by atoms with E-state index in [0.717, 1.165) is 23.7 Å². The molecule has 0 spiro atoms. The molecule has 1 heterocycles. The second kappa shape index (κ2) is 3.49. The summed E-state index contributed by atoms with van der Waals surface area (Å²) in [6, 6.07) is 5.45. The van der Waals surface area contributed by atoms with Gasteiger partial charge in [0.25, 0.3) is 0 Å². The first-order valence-electron chi connectivity index (χ1n) is 5.15. The van der Waals surface area contributed by atoms with Crippen LogP contribution in [0.1, 0.15) is 12.8 Å². The Labute approximate surface area is 97.3 Å². The number of phenolic OH excluding ortho intramolecular Hbond substituents is 1. The van der Waals surface area contributed by atoms with Gasteiger partial charge in [0.05, 0.1) is 5.52 Å². The zero-order valence-electron chi connectivity index (χ0n) is 8.44. The van der Waals surface area contributed by atoms with Crippen LogP contribution in [0.4, 0.5) is 5.82 Å². The van der Waals surface area contributed by atoms with Gasteiger partial charge in [0.1, 0.15) is 11.6 Å². The average molecular weight is 236 g/mol. The van der Waals surface area contributed by atoms with E-state index in [1.807, 2.05) is 0 Å². The van der Waals surface area contributed by atoms with Crippen molar-refractivity contribution in [1.29, 1.82) is 0 Å². The van der Waals surface area contributed by atoms with E-state index in [1.165, 1.54) is 0 Å². The number of rotatable bonds is 2. The molecule has 1 aliphatic rings. The zero-order valence-corrected chi connectivity index (χ0v) is 9.20. The van der Waals surface area contributed by atoms with Gasteiger partial charge in [-0.05, 0) is 42.6 Å². The van der Waals surface area contributed by atoms with Gasteiger partial charge in [0.2, 0.25) is 5.28 Å². The fraction of sp³-hybridized carbons (Fsp3) is 0.273. The minimum absolute atomic E-state index is 0.206. The number of halogens is 1. The predicted octanol–water partition coefficient (Wildman–Crippen LogP) is 2.56. The van der Waals surface area contributed by atoms with Gasteiger partial charge in [0.15, 0.2) is 0 Å². The van der Waals surface area contributed by atoms with Gasteiger partial charge in [-0.25, -0.2) is 9.97 Å². The Kier molecular flexibility index (Phi) is 2.11. The van der Waals surface area contributed by atoms with Gasteiger partial charge in [-0.2, -0.15) is 0 Å². The first-order chi connectivity index (χ1) is 7.72. The maximum atomic E-state index is 9.46. The number of hydrogen-bond donors (Lipinski definition) is 2. The highest BCUT2D eigenvalue weighted by molar-refractivity contribution is 6.28. The Bertz CT molecular complexity index is 554. The molecule has 3 rings (SSSR count). The molecule has 82 valence electrons. The number of anilines is 1. The van der Waals surface area contributed by atoms with Crippen molar-refractivity contribution in [2.75, 3.05) is 5.32 Å². The smallest absolute Gasteiger partial charge is 0.224 e. The molecule has 5 heteroatoms. The van der Waals surface area contributed by atoms with Gasteiger partial charge >= 0.3 is 0 Å². The van der Waals surface area contributed by atoms with Crippen molar-refractivity contribution in [3.05, 3.63) is 23.5 Å². The number of fused-ring (bicyclic) bond motifs is 1. The highest BCUT2D eigenvalue weighted by Crippen LogP contribution is 2.30. The average Bonchev–Trinajstić information content (AvgIpc) is 3.03. The summed E-state index contributed by atoms with van der Waals surface area (Å²) in [5, 5.41) is 13.8. The van der Waals surface area contributed by atoms with Crippen molar-refractivity contribution in [2.24, 2.45) is 0 Å². The first-order valence-corrected chi connectivity index (χ1v) is 5.53. The Morgan fingerprint density at radius 3 is 2.88 bits per heavy atom. The standard InChI is InChI=1S/C11H10ClN3O/c12-11-14-9-4-3-7(16)5-8(9)10(15-11)13-6-1-2-6/h3-6,16H,1-2H2,(H,13,14,15). The van der Waals surface area contributed by atoms with Crippen LogP contribution in [0.2, 0.25) is 5.28 Å². The van der Waals surface area contributed by atoms with E-state index in [2.05, 4.69) is 15.3 Å². The molecular weight excluding hydrogens is 226 g/mol. The van der Waals surface area contributed by atoms with E-state index in [1.54, 1.807) is 18.2 Å². The van der Waals surface area contributed by atoms with Gasteiger partial charge < -0.3 is 10.4 Å². The Morgan fingerprint density at radius 2 is 2.12 bits per heavy atom. The quantitative estimate of drug-likeness (QED) is 0.786. The number of nitrogens with one attached hydrogen (secondary N) is 1. The van der Waals surface area contributed by atoms with Crippen LogP contribution in [0.25, 0.3) is 10.9 Å². The van der Waals surface area contributed by atoms with Gasteiger partial charge in [-0.3, -0.25) is 0 Å². The first kappa shape index (κ1) is 9.66. The zero-order chi connectivity index (χ0) is 11.1. The van der Waals surface area contributed by atoms with Crippen molar-refractivity contribution in [3.63, 3.8) is 0 Å². The summed E-state index contributed by atoms with van der Waals surface area (Å²) in [4.78, 5) is 8.26. The van der Waals surface area contributed by atoms with E-state index in [9.17, 15) is 5.11 Å². The molecular formula is C11H10ClN3O. The Hall–Kier alpha value is -1.55. The van der Waals surface area contributed by atoms with Crippen LogP contribution in [-0.2, 0) is 0 Å². The topological polar surface area (TPSA) is 58.0 Å². The molecule has 0 radical (unpaired) electrons. The van der Waals surface area contributed by atoms with E-state index in [4.69, 9.17) is 11.6 Å². The largest absolute Gasteiger partial charge is 0.508 e. The third-order valence-electron chi connectivity index (χ3n) is 2.57. The third kappa shape index (κ3) is 1.76. The number of benzene rings is 1. The normalized spacial score (nSPS) is 15.3. The molecule has 0 saturated heterocycles. The lowest BCUT2D eigenvalue weighted by atomic mass is 10.2. The van der Waals surface area contributed by atoms with Crippen molar-refractivity contribution < 1.29 is 5.11 Å². The molecule has 1 saturated carbocycles. The molecule has 0 atom stereocenters. The van der Waals surface area contributed by atoms with Crippen molar-refractivity contribution in [3.8, 4) is 5.75 Å². The van der Waals surface area contributed by atoms with E-state index < -0.39 is 0 Å². The van der Waals surface area contributed by atoms with E-state index in [0.29, 0.717) is 11.9 Å². The molecule has 2 aromatic rings. The summed E-state index contributed by atoms with van der Waals surface area (Å²) in [5.41, 5.74) is 0.737. The molecule has 4 nitrogen and oxygen atoms in total. The minimum atomic E-state index is 0.206. The SMILES string of the molecule is Oc1ccc2nc(Cl)nc(NC3CC3)c2c1. The van der Waals surface area contributed by atoms with Gasteiger partial charge in [-0.15, -0.1) is 0 Å². The van der Waals surface area contributed by atoms with Crippen LogP contribution >= 0.6 is 11.6 Å². The van der Waals surface area contributed by atoms with Crippen LogP contribution in [0.15, 0.2) is 18.2 Å². The minimum Gasteiger partial charge on any atom is -0.508 e. The summed E-state index contributed by atoms with van der Waals surface area (Å²) in [5.74, 6) is 0.908. The summed E-state index contributed by atoms with van der Waals surface area (Å²) in [6.07, 6.45) is 2.31. The van der Waals surface area contributed by atoms with Crippen LogP contribution in [-0.4, -0.2) is 21.1 Å². The second-order valence-corrected chi connectivity index (χ2v) is 4.30. The number of aromatic nitrogens is 2. The highest BCUT2D eigenvalue weighted by Gasteiger charge is 2.22. The number of hydrogen-bond acceptors (Lipinski definition) is 4.